The van der Waals surface area contributed by atoms with Crippen LogP contribution < -0.4 is 4.74 Å². The average Bonchev–Trinajstić information content (AvgIpc) is 2.94. The van der Waals surface area contributed by atoms with Gasteiger partial charge in [0.25, 0.3) is 0 Å². The summed E-state index contributed by atoms with van der Waals surface area (Å²) >= 11 is 0. The van der Waals surface area contributed by atoms with E-state index in [1.807, 2.05) is 4.68 Å². The molecule has 0 saturated heterocycles. The molecule has 0 aliphatic rings. The van der Waals surface area contributed by atoms with Crippen LogP contribution in [0.15, 0.2) is 18.5 Å². The molecule has 0 aromatic carbocycles. The zero-order valence-corrected chi connectivity index (χ0v) is 13.4. The molecule has 0 radical (unpaired) electrons. The first kappa shape index (κ1) is 15.3. The molecule has 0 aliphatic heterocycles. The van der Waals surface area contributed by atoms with E-state index in [9.17, 15) is 4.79 Å². The van der Waals surface area contributed by atoms with Crippen LogP contribution in [0.1, 0.15) is 56.7 Å². The van der Waals surface area contributed by atoms with Gasteiger partial charge in [0.1, 0.15) is 0 Å². The number of esters is 1. The molecule has 0 atom stereocenters. The number of carbonyl (C=O) groups excluding carboxylic acids is 1. The van der Waals surface area contributed by atoms with Crippen molar-refractivity contribution < 1.29 is 9.53 Å². The molecule has 2 aromatic rings. The fourth-order valence-electron chi connectivity index (χ4n) is 2.05. The standard InChI is InChI=1S/C15H22N4O2/c1-10(2)13-7-12(17-19(13)15(3,4)5)14(20)21-11-8-16-18(6)9-11/h7-10H,1-6H3. The lowest BCUT2D eigenvalue weighted by molar-refractivity contribution is 0.0726. The van der Waals surface area contributed by atoms with Crippen LogP contribution in [0.25, 0.3) is 0 Å². The predicted molar refractivity (Wildman–Crippen MR) is 79.5 cm³/mol. The molecule has 0 amide bonds. The van der Waals surface area contributed by atoms with Gasteiger partial charge in [-0.15, -0.1) is 0 Å². The van der Waals surface area contributed by atoms with Gasteiger partial charge in [-0.05, 0) is 32.8 Å². The molecule has 2 rings (SSSR count). The predicted octanol–water partition coefficient (Wildman–Crippen LogP) is 2.71. The molecule has 0 unspecified atom stereocenters. The van der Waals surface area contributed by atoms with Gasteiger partial charge in [-0.25, -0.2) is 4.79 Å². The summed E-state index contributed by atoms with van der Waals surface area (Å²) in [5.41, 5.74) is 1.14. The number of aromatic nitrogens is 4. The highest BCUT2D eigenvalue weighted by molar-refractivity contribution is 5.89. The third kappa shape index (κ3) is 3.32. The molecule has 21 heavy (non-hydrogen) atoms. The van der Waals surface area contributed by atoms with Crippen molar-refractivity contribution in [2.45, 2.75) is 46.1 Å². The van der Waals surface area contributed by atoms with Gasteiger partial charge >= 0.3 is 5.97 Å². The lowest BCUT2D eigenvalue weighted by Crippen LogP contribution is -2.26. The van der Waals surface area contributed by atoms with Gasteiger partial charge in [0, 0.05) is 12.7 Å². The highest BCUT2D eigenvalue weighted by Crippen LogP contribution is 2.24. The maximum Gasteiger partial charge on any atom is 0.364 e. The molecule has 6 heteroatoms. The van der Waals surface area contributed by atoms with Gasteiger partial charge in [-0.1, -0.05) is 13.8 Å². The molecule has 0 saturated carbocycles. The van der Waals surface area contributed by atoms with Crippen molar-refractivity contribution in [2.24, 2.45) is 7.05 Å². The number of ether oxygens (including phenoxy) is 1. The monoisotopic (exact) mass is 290 g/mol. The summed E-state index contributed by atoms with van der Waals surface area (Å²) in [7, 11) is 1.77. The van der Waals surface area contributed by atoms with Gasteiger partial charge in [-0.2, -0.15) is 10.2 Å². The second kappa shape index (κ2) is 5.35. The molecule has 0 spiro atoms. The lowest BCUT2D eigenvalue weighted by Gasteiger charge is -2.23. The van der Waals surface area contributed by atoms with E-state index >= 15 is 0 Å². The second-order valence-electron chi connectivity index (χ2n) is 6.43. The Balaban J connectivity index is 2.29. The first-order valence-corrected chi connectivity index (χ1v) is 6.99. The number of carbonyl (C=O) groups is 1. The van der Waals surface area contributed by atoms with Crippen molar-refractivity contribution in [1.82, 2.24) is 19.6 Å². The van der Waals surface area contributed by atoms with E-state index in [1.54, 1.807) is 24.0 Å². The maximum absolute atomic E-state index is 12.2. The Labute approximate surface area is 124 Å². The Morgan fingerprint density at radius 2 is 2.00 bits per heavy atom. The Hall–Kier alpha value is -2.11. The van der Waals surface area contributed by atoms with Gasteiger partial charge in [0.05, 0.1) is 17.9 Å². The smallest absolute Gasteiger partial charge is 0.364 e. The van der Waals surface area contributed by atoms with E-state index in [2.05, 4.69) is 44.8 Å². The topological polar surface area (TPSA) is 61.9 Å². The maximum atomic E-state index is 12.2. The van der Waals surface area contributed by atoms with Crippen molar-refractivity contribution in [3.63, 3.8) is 0 Å². The Kier molecular flexibility index (Phi) is 3.89. The van der Waals surface area contributed by atoms with Crippen LogP contribution in [0.2, 0.25) is 0 Å². The van der Waals surface area contributed by atoms with Gasteiger partial charge in [0.2, 0.25) is 0 Å². The molecule has 0 fully saturated rings. The van der Waals surface area contributed by atoms with Crippen LogP contribution >= 0.6 is 0 Å². The highest BCUT2D eigenvalue weighted by Gasteiger charge is 2.24. The third-order valence-corrected chi connectivity index (χ3v) is 3.06. The van der Waals surface area contributed by atoms with Crippen molar-refractivity contribution in [3.8, 4) is 5.75 Å². The van der Waals surface area contributed by atoms with Crippen molar-refractivity contribution in [3.05, 3.63) is 29.8 Å². The van der Waals surface area contributed by atoms with Crippen LogP contribution in [-0.2, 0) is 12.6 Å². The highest BCUT2D eigenvalue weighted by atomic mass is 16.5. The minimum atomic E-state index is -0.465. The summed E-state index contributed by atoms with van der Waals surface area (Å²) in [4.78, 5) is 12.2. The fourth-order valence-corrected chi connectivity index (χ4v) is 2.05. The van der Waals surface area contributed by atoms with Crippen LogP contribution in [-0.4, -0.2) is 25.5 Å². The van der Waals surface area contributed by atoms with E-state index in [-0.39, 0.29) is 11.5 Å². The zero-order valence-electron chi connectivity index (χ0n) is 13.4. The van der Waals surface area contributed by atoms with E-state index in [0.29, 0.717) is 11.4 Å². The first-order valence-electron chi connectivity index (χ1n) is 6.99. The third-order valence-electron chi connectivity index (χ3n) is 3.06. The minimum Gasteiger partial charge on any atom is -0.418 e. The Bertz CT molecular complexity index is 647. The van der Waals surface area contributed by atoms with Crippen LogP contribution in [0.5, 0.6) is 5.75 Å². The van der Waals surface area contributed by atoms with Crippen LogP contribution in [0, 0.1) is 0 Å². The number of hydrogen-bond acceptors (Lipinski definition) is 4. The van der Waals surface area contributed by atoms with Crippen molar-refractivity contribution >= 4 is 5.97 Å². The van der Waals surface area contributed by atoms with Gasteiger partial charge in [0.15, 0.2) is 11.4 Å². The largest absolute Gasteiger partial charge is 0.418 e. The number of nitrogens with zero attached hydrogens (tertiary/aromatic N) is 4. The Morgan fingerprint density at radius 1 is 1.33 bits per heavy atom. The lowest BCUT2D eigenvalue weighted by atomic mass is 10.1. The van der Waals surface area contributed by atoms with Crippen LogP contribution in [0.3, 0.4) is 0 Å². The average molecular weight is 290 g/mol. The van der Waals surface area contributed by atoms with E-state index in [4.69, 9.17) is 4.74 Å². The summed E-state index contributed by atoms with van der Waals surface area (Å²) in [6, 6.07) is 1.80. The molecule has 6 nitrogen and oxygen atoms in total. The number of rotatable bonds is 3. The second-order valence-corrected chi connectivity index (χ2v) is 6.43. The van der Waals surface area contributed by atoms with E-state index in [1.165, 1.54) is 6.20 Å². The summed E-state index contributed by atoms with van der Waals surface area (Å²) in [6.45, 7) is 10.3. The summed E-state index contributed by atoms with van der Waals surface area (Å²) in [5.74, 6) is 0.225. The van der Waals surface area contributed by atoms with Gasteiger partial charge in [-0.3, -0.25) is 9.36 Å². The molecule has 0 bridgehead atoms. The van der Waals surface area contributed by atoms with Gasteiger partial charge < -0.3 is 4.74 Å². The summed E-state index contributed by atoms with van der Waals surface area (Å²) in [6.07, 6.45) is 3.14. The van der Waals surface area contributed by atoms with E-state index in [0.717, 1.165) is 5.69 Å². The molecule has 0 N–H and O–H groups in total. The quantitative estimate of drug-likeness (QED) is 0.815. The fraction of sp³-hybridized carbons (Fsp3) is 0.533. The van der Waals surface area contributed by atoms with E-state index < -0.39 is 5.97 Å². The molecule has 2 heterocycles. The van der Waals surface area contributed by atoms with Crippen LogP contribution in [0.4, 0.5) is 0 Å². The zero-order chi connectivity index (χ0) is 15.8. The first-order chi connectivity index (χ1) is 9.68. The summed E-state index contributed by atoms with van der Waals surface area (Å²) < 4.78 is 8.75. The van der Waals surface area contributed by atoms with Crippen molar-refractivity contribution in [1.29, 1.82) is 0 Å². The number of aryl methyl sites for hydroxylation is 1. The summed E-state index contributed by atoms with van der Waals surface area (Å²) in [5, 5.41) is 8.39. The SMILES string of the molecule is CC(C)c1cc(C(=O)Oc2cnn(C)c2)nn1C(C)(C)C. The minimum absolute atomic E-state index is 0.188. The molecule has 114 valence electrons. The molecular formula is C15H22N4O2. The number of hydrogen-bond donors (Lipinski definition) is 0. The molecular weight excluding hydrogens is 268 g/mol. The normalized spacial score (nSPS) is 12.0. The van der Waals surface area contributed by atoms with Crippen molar-refractivity contribution in [2.75, 3.05) is 0 Å². The Morgan fingerprint density at radius 3 is 2.43 bits per heavy atom. The molecule has 2 aromatic heterocycles. The molecule has 0 aliphatic carbocycles.